The van der Waals surface area contributed by atoms with Gasteiger partial charge in [-0.05, 0) is 38.5 Å². The van der Waals surface area contributed by atoms with E-state index in [1.54, 1.807) is 37.0 Å². The van der Waals surface area contributed by atoms with Crippen molar-refractivity contribution in [2.45, 2.75) is 119 Å². The average Bonchev–Trinajstić information content (AvgIpc) is 2.74. The minimum atomic E-state index is 0. The fraction of sp³-hybridized carbons (Fsp3) is 0.960. The second-order valence-corrected chi connectivity index (χ2v) is 14.1. The van der Waals surface area contributed by atoms with E-state index in [1.807, 2.05) is 22.6 Å². The Hall–Kier alpha value is 2.25. The molecule has 0 fully saturated rings. The van der Waals surface area contributed by atoms with Crippen molar-refractivity contribution in [2.24, 2.45) is 0 Å². The number of hydrogen-bond donors (Lipinski definition) is 0. The van der Waals surface area contributed by atoms with E-state index in [0.717, 1.165) is 0 Å². The molecule has 0 N–H and O–H groups in total. The van der Waals surface area contributed by atoms with E-state index in [1.165, 1.54) is 77.0 Å². The molecular formula is C25H58IP2Pd+. The van der Waals surface area contributed by atoms with Crippen LogP contribution in [0.4, 0.5) is 0 Å². The fourth-order valence-electron chi connectivity index (χ4n) is 3.31. The molecule has 184 valence electrons. The van der Waals surface area contributed by atoms with Crippen LogP contribution in [0, 0.1) is 4.93 Å². The van der Waals surface area contributed by atoms with Crippen molar-refractivity contribution in [2.75, 3.05) is 37.0 Å². The Morgan fingerprint density at radius 2 is 0.552 bits per heavy atom. The van der Waals surface area contributed by atoms with Gasteiger partial charge >= 0.3 is 0 Å². The standard InChI is InChI=1S/2C12H27P.CH2I.Pd/c2*1-4-7-10-13(11-8-5-2)12-9-6-3;1-2;/h2*4-12H2,1-3H3;1H2;/q;;-1;/p+2. The van der Waals surface area contributed by atoms with Gasteiger partial charge in [0.05, 0.1) is 37.0 Å². The summed E-state index contributed by atoms with van der Waals surface area (Å²) in [5, 5.41) is 0. The third-order valence-electron chi connectivity index (χ3n) is 5.30. The topological polar surface area (TPSA) is 0 Å². The van der Waals surface area contributed by atoms with Crippen molar-refractivity contribution < 1.29 is 20.4 Å². The summed E-state index contributed by atoms with van der Waals surface area (Å²) < 4.78 is 0. The zero-order valence-corrected chi connectivity index (χ0v) is 26.8. The molecular weight excluding hydrogens is 596 g/mol. The first-order chi connectivity index (χ1) is 13.7. The molecule has 29 heavy (non-hydrogen) atoms. The molecule has 0 bridgehead atoms. The average molecular weight is 654 g/mol. The summed E-state index contributed by atoms with van der Waals surface area (Å²) >= 11 is 1.90. The van der Waals surface area contributed by atoms with E-state index >= 15 is 0 Å². The monoisotopic (exact) mass is 653 g/mol. The molecule has 0 aliphatic rings. The molecule has 0 radical (unpaired) electrons. The Morgan fingerprint density at radius 3 is 0.655 bits per heavy atom. The molecule has 0 unspecified atom stereocenters. The first-order valence-electron chi connectivity index (χ1n) is 12.6. The summed E-state index contributed by atoms with van der Waals surface area (Å²) in [6, 6.07) is 0. The molecule has 0 spiro atoms. The molecule has 0 amide bonds. The van der Waals surface area contributed by atoms with Crippen LogP contribution in [0.15, 0.2) is 0 Å². The van der Waals surface area contributed by atoms with Gasteiger partial charge in [0, 0.05) is 36.3 Å². The largest absolute Gasteiger partial charge is 0.319 e. The first-order valence-corrected chi connectivity index (χ1v) is 18.4. The third kappa shape index (κ3) is 35.0. The normalized spacial score (nSPS) is 10.1. The Morgan fingerprint density at radius 1 is 0.414 bits per heavy atom. The molecule has 0 rings (SSSR count). The predicted molar refractivity (Wildman–Crippen MR) is 155 cm³/mol. The van der Waals surface area contributed by atoms with Crippen molar-refractivity contribution in [3.63, 3.8) is 0 Å². The van der Waals surface area contributed by atoms with Gasteiger partial charge in [-0.1, -0.05) is 80.1 Å². The number of hydrogen-bond acceptors (Lipinski definition) is 0. The van der Waals surface area contributed by atoms with Crippen molar-refractivity contribution in [1.82, 2.24) is 0 Å². The molecule has 0 saturated heterocycles. The summed E-state index contributed by atoms with van der Waals surface area (Å²) in [6.45, 7) is 13.9. The zero-order chi connectivity index (χ0) is 21.9. The Bertz CT molecular complexity index is 181. The summed E-state index contributed by atoms with van der Waals surface area (Å²) in [6.07, 6.45) is 26.8. The predicted octanol–water partition coefficient (Wildman–Crippen LogP) is 10.4. The molecule has 0 nitrogen and oxygen atoms in total. The van der Waals surface area contributed by atoms with Gasteiger partial charge in [-0.3, -0.25) is 4.93 Å². The van der Waals surface area contributed by atoms with Crippen LogP contribution in [0.25, 0.3) is 0 Å². The maximum Gasteiger partial charge on any atom is 0.0571 e. The molecule has 0 heterocycles. The third-order valence-corrected chi connectivity index (χ3v) is 11.7. The fourth-order valence-corrected chi connectivity index (χ4v) is 9.93. The van der Waals surface area contributed by atoms with E-state index in [2.05, 4.69) is 46.5 Å². The molecule has 0 aromatic heterocycles. The van der Waals surface area contributed by atoms with Gasteiger partial charge in [-0.2, -0.15) is 0 Å². The van der Waals surface area contributed by atoms with Crippen LogP contribution in [0.5, 0.6) is 0 Å². The Kier molecular flexibility index (Phi) is 49.9. The summed E-state index contributed by atoms with van der Waals surface area (Å²) in [5.74, 6) is 0. The molecule has 4 heteroatoms. The Balaban J connectivity index is -0.000000192. The van der Waals surface area contributed by atoms with E-state index in [-0.39, 0.29) is 36.3 Å². The SMILES string of the molecule is CCCC[PH+](CCCC)CCCC.CCCC[PH+](CCCC)CCCC.[CH2-]I.[Pd]. The van der Waals surface area contributed by atoms with Gasteiger partial charge in [-0.25, -0.2) is 0 Å². The van der Waals surface area contributed by atoms with Crippen molar-refractivity contribution >= 4 is 38.4 Å². The van der Waals surface area contributed by atoms with Gasteiger partial charge in [-0.15, -0.1) is 0 Å². The van der Waals surface area contributed by atoms with Crippen LogP contribution in [0.1, 0.15) is 119 Å². The summed E-state index contributed by atoms with van der Waals surface area (Å²) in [5.41, 5.74) is 0. The maximum absolute atomic E-state index is 3.22. The second-order valence-electron chi connectivity index (χ2n) is 8.12. The Labute approximate surface area is 218 Å². The number of halogens is 1. The summed E-state index contributed by atoms with van der Waals surface area (Å²) in [4.78, 5) is 3.22. The van der Waals surface area contributed by atoms with Crippen LogP contribution in [-0.2, 0) is 20.4 Å². The van der Waals surface area contributed by atoms with Crippen LogP contribution < -0.4 is 0 Å². The number of rotatable bonds is 18. The molecule has 0 aromatic carbocycles. The van der Waals surface area contributed by atoms with E-state index in [9.17, 15) is 0 Å². The van der Waals surface area contributed by atoms with E-state index in [4.69, 9.17) is 0 Å². The molecule has 0 atom stereocenters. The molecule has 0 aliphatic carbocycles. The second kappa shape index (κ2) is 37.6. The number of unbranched alkanes of at least 4 members (excludes halogenated alkanes) is 6. The van der Waals surface area contributed by atoms with Gasteiger partial charge in [0.15, 0.2) is 0 Å². The van der Waals surface area contributed by atoms with Crippen LogP contribution >= 0.6 is 38.4 Å². The maximum atomic E-state index is 3.22. The minimum Gasteiger partial charge on any atom is -0.319 e. The smallest absolute Gasteiger partial charge is 0.0571 e. The summed E-state index contributed by atoms with van der Waals surface area (Å²) in [7, 11) is 0.135. The van der Waals surface area contributed by atoms with E-state index < -0.39 is 0 Å². The van der Waals surface area contributed by atoms with Gasteiger partial charge in [0.2, 0.25) is 0 Å². The zero-order valence-electron chi connectivity index (χ0n) is 21.1. The van der Waals surface area contributed by atoms with Gasteiger partial charge in [0.1, 0.15) is 0 Å². The molecule has 0 saturated carbocycles. The first kappa shape index (κ1) is 38.5. The molecule has 0 aromatic rings. The van der Waals surface area contributed by atoms with Crippen LogP contribution in [-0.4, -0.2) is 37.0 Å². The van der Waals surface area contributed by atoms with Crippen molar-refractivity contribution in [3.8, 4) is 0 Å². The molecule has 0 aliphatic heterocycles. The van der Waals surface area contributed by atoms with Gasteiger partial charge < -0.3 is 22.6 Å². The van der Waals surface area contributed by atoms with Crippen molar-refractivity contribution in [1.29, 1.82) is 0 Å². The van der Waals surface area contributed by atoms with Gasteiger partial charge in [0.25, 0.3) is 0 Å². The quantitative estimate of drug-likeness (QED) is 0.0598. The van der Waals surface area contributed by atoms with Crippen LogP contribution in [0.3, 0.4) is 0 Å². The van der Waals surface area contributed by atoms with E-state index in [0.29, 0.717) is 0 Å². The minimum absolute atomic E-state index is 0. The van der Waals surface area contributed by atoms with Crippen LogP contribution in [0.2, 0.25) is 0 Å². The van der Waals surface area contributed by atoms with Crippen molar-refractivity contribution in [3.05, 3.63) is 4.93 Å².